The highest BCUT2D eigenvalue weighted by atomic mass is 79.9. The number of nitriles is 3. The summed E-state index contributed by atoms with van der Waals surface area (Å²) in [4.78, 5) is 0. The van der Waals surface area contributed by atoms with Crippen LogP contribution >= 0.6 is 31.9 Å². The summed E-state index contributed by atoms with van der Waals surface area (Å²) in [5.74, 6) is 0.304. The van der Waals surface area contributed by atoms with Crippen molar-refractivity contribution in [3.8, 4) is 41.2 Å². The normalized spacial score (nSPS) is 8.94. The van der Waals surface area contributed by atoms with Crippen molar-refractivity contribution in [1.29, 1.82) is 15.8 Å². The maximum absolute atomic E-state index is 9.24. The van der Waals surface area contributed by atoms with E-state index in [1.54, 1.807) is 36.4 Å². The molecule has 177 valence electrons. The smallest absolute Gasteiger partial charge is 0.535 e. The number of benzene rings is 3. The summed E-state index contributed by atoms with van der Waals surface area (Å²) in [6.45, 7) is 0.136. The van der Waals surface area contributed by atoms with Crippen molar-refractivity contribution in [3.63, 3.8) is 0 Å². The van der Waals surface area contributed by atoms with Gasteiger partial charge in [0, 0.05) is 7.11 Å². The molecule has 0 bridgehead atoms. The molecule has 3 aromatic carbocycles. The number of ether oxygens (including phenoxy) is 2. The van der Waals surface area contributed by atoms with Crippen LogP contribution in [0.5, 0.6) is 23.0 Å². The SMILES string of the molecule is COCOc1c(Br)cccc1C#N.N#Cc1cccc(Br)c1O.N#Cc1cccc(O[B]O)c1O. The van der Waals surface area contributed by atoms with E-state index in [1.807, 2.05) is 18.2 Å². The van der Waals surface area contributed by atoms with E-state index in [0.717, 1.165) is 4.47 Å². The van der Waals surface area contributed by atoms with Gasteiger partial charge in [0.25, 0.3) is 0 Å². The number of aromatic hydroxyl groups is 2. The monoisotopic (exact) mass is 600 g/mol. The van der Waals surface area contributed by atoms with Gasteiger partial charge in [0.1, 0.15) is 29.7 Å². The summed E-state index contributed by atoms with van der Waals surface area (Å²) in [6, 6.07) is 20.3. The Morgan fingerprint density at radius 3 is 1.83 bits per heavy atom. The minimum absolute atomic E-state index is 0.00463. The lowest BCUT2D eigenvalue weighted by atomic mass is 10.2. The van der Waals surface area contributed by atoms with Crippen LogP contribution in [0.3, 0.4) is 0 Å². The third-order valence-corrected chi connectivity index (χ3v) is 5.08. The van der Waals surface area contributed by atoms with Gasteiger partial charge in [-0.15, -0.1) is 0 Å². The van der Waals surface area contributed by atoms with Crippen LogP contribution in [-0.2, 0) is 4.74 Å². The number of para-hydroxylation sites is 3. The van der Waals surface area contributed by atoms with E-state index in [9.17, 15) is 5.11 Å². The van der Waals surface area contributed by atoms with E-state index in [-0.39, 0.29) is 35.2 Å². The fourth-order valence-electron chi connectivity index (χ4n) is 2.23. The number of hydrogen-bond donors (Lipinski definition) is 3. The Morgan fingerprint density at radius 2 is 1.31 bits per heavy atom. The minimum Gasteiger partial charge on any atom is -0.535 e. The molecule has 0 amide bonds. The standard InChI is InChI=1S/C9H8BrNO2.C7H5BNO3.C7H4BrNO/c1-12-6-13-9-7(5-11)3-2-4-8(9)10;9-4-5-2-1-3-6(7(5)10)12-8-11;8-6-3-1-2-5(4-9)7(6)10/h2-4H,6H2,1H3;1-3,10-11H;1-3,10H. The molecule has 0 saturated carbocycles. The molecule has 0 aromatic heterocycles. The van der Waals surface area contributed by atoms with Crippen LogP contribution < -0.4 is 9.39 Å². The predicted molar refractivity (Wildman–Crippen MR) is 133 cm³/mol. The van der Waals surface area contributed by atoms with Crippen LogP contribution in [0.15, 0.2) is 63.5 Å². The molecule has 1 radical (unpaired) electrons. The van der Waals surface area contributed by atoms with E-state index in [2.05, 4.69) is 36.5 Å². The van der Waals surface area contributed by atoms with E-state index in [1.165, 1.54) is 25.3 Å². The van der Waals surface area contributed by atoms with E-state index < -0.39 is 0 Å². The van der Waals surface area contributed by atoms with E-state index in [4.69, 9.17) is 35.4 Å². The first-order valence-corrected chi connectivity index (χ1v) is 11.0. The van der Waals surface area contributed by atoms with Crippen molar-refractivity contribution in [2.45, 2.75) is 0 Å². The third-order valence-electron chi connectivity index (χ3n) is 3.81. The summed E-state index contributed by atoms with van der Waals surface area (Å²) in [5, 5.41) is 52.3. The molecule has 0 saturated heterocycles. The number of rotatable bonds is 5. The van der Waals surface area contributed by atoms with Gasteiger partial charge in [-0.2, -0.15) is 15.8 Å². The van der Waals surface area contributed by atoms with E-state index in [0.29, 0.717) is 23.5 Å². The lowest BCUT2D eigenvalue weighted by Crippen LogP contribution is -2.01. The fourth-order valence-corrected chi connectivity index (χ4v) is 3.08. The van der Waals surface area contributed by atoms with Crippen LogP contribution in [0.4, 0.5) is 0 Å². The maximum atomic E-state index is 9.24. The molecule has 0 aliphatic carbocycles. The number of halogens is 2. The molecule has 3 rings (SSSR count). The van der Waals surface area contributed by atoms with Crippen LogP contribution in [0.1, 0.15) is 16.7 Å². The summed E-state index contributed by atoms with van der Waals surface area (Å²) in [5.41, 5.74) is 0.884. The van der Waals surface area contributed by atoms with Gasteiger partial charge >= 0.3 is 7.69 Å². The number of hydrogen-bond acceptors (Lipinski definition) is 9. The molecule has 9 nitrogen and oxygen atoms in total. The molecule has 0 fully saturated rings. The molecule has 0 heterocycles. The Kier molecular flexibility index (Phi) is 13.4. The quantitative estimate of drug-likeness (QED) is 0.282. The van der Waals surface area contributed by atoms with Gasteiger partial charge in [-0.25, -0.2) is 0 Å². The van der Waals surface area contributed by atoms with Gasteiger partial charge in [-0.1, -0.05) is 18.2 Å². The summed E-state index contributed by atoms with van der Waals surface area (Å²) >= 11 is 6.37. The zero-order valence-corrected chi connectivity index (χ0v) is 21.3. The number of nitrogens with zero attached hydrogens (tertiary/aromatic N) is 3. The average molecular weight is 602 g/mol. The Hall–Kier alpha value is -3.73. The minimum atomic E-state index is -0.273. The highest BCUT2D eigenvalue weighted by molar-refractivity contribution is 9.10. The second kappa shape index (κ2) is 16.0. The number of methoxy groups -OCH3 is 1. The average Bonchev–Trinajstić information content (AvgIpc) is 2.87. The second-order valence-electron chi connectivity index (χ2n) is 6.01. The molecule has 12 heteroatoms. The van der Waals surface area contributed by atoms with Gasteiger partial charge in [0.05, 0.1) is 25.6 Å². The van der Waals surface area contributed by atoms with Crippen LogP contribution in [-0.4, -0.2) is 36.8 Å². The molecule has 0 aliphatic heterocycles. The Labute approximate surface area is 219 Å². The molecule has 35 heavy (non-hydrogen) atoms. The van der Waals surface area contributed by atoms with Crippen molar-refractivity contribution in [2.24, 2.45) is 0 Å². The van der Waals surface area contributed by atoms with E-state index >= 15 is 0 Å². The first-order chi connectivity index (χ1) is 16.8. The van der Waals surface area contributed by atoms with Crippen LogP contribution in [0.2, 0.25) is 0 Å². The molecular weight excluding hydrogens is 585 g/mol. The molecular formula is C23H17BBr2N3O6. The Morgan fingerprint density at radius 1 is 0.800 bits per heavy atom. The molecule has 0 atom stereocenters. The first-order valence-electron chi connectivity index (χ1n) is 9.37. The van der Waals surface area contributed by atoms with Crippen molar-refractivity contribution < 1.29 is 29.4 Å². The van der Waals surface area contributed by atoms with Gasteiger partial charge in [-0.05, 0) is 68.3 Å². The molecule has 3 aromatic rings. The topological polar surface area (TPSA) is 160 Å². The zero-order chi connectivity index (χ0) is 26.2. The molecule has 0 spiro atoms. The largest absolute Gasteiger partial charge is 0.569 e. The Bertz CT molecular complexity index is 1260. The van der Waals surface area contributed by atoms with Crippen LogP contribution in [0, 0.1) is 34.0 Å². The zero-order valence-electron chi connectivity index (χ0n) is 18.1. The highest BCUT2D eigenvalue weighted by Crippen LogP contribution is 2.29. The summed E-state index contributed by atoms with van der Waals surface area (Å²) in [6.07, 6.45) is 0. The fraction of sp³-hybridized carbons (Fsp3) is 0.0870. The van der Waals surface area contributed by atoms with Crippen molar-refractivity contribution in [2.75, 3.05) is 13.9 Å². The second-order valence-corrected chi connectivity index (χ2v) is 7.72. The first kappa shape index (κ1) is 29.3. The number of phenols is 2. The lowest BCUT2D eigenvalue weighted by Gasteiger charge is -2.07. The highest BCUT2D eigenvalue weighted by Gasteiger charge is 2.07. The van der Waals surface area contributed by atoms with Gasteiger partial charge < -0.3 is 29.4 Å². The molecule has 3 N–H and O–H groups in total. The van der Waals surface area contributed by atoms with Crippen molar-refractivity contribution >= 4 is 39.5 Å². The van der Waals surface area contributed by atoms with Gasteiger partial charge in [0.15, 0.2) is 18.3 Å². The van der Waals surface area contributed by atoms with Gasteiger partial charge in [0.2, 0.25) is 0 Å². The number of phenolic OH excluding ortho intramolecular Hbond substituents is 2. The Balaban J connectivity index is 0.000000265. The maximum Gasteiger partial charge on any atom is 0.569 e. The lowest BCUT2D eigenvalue weighted by molar-refractivity contribution is 0.0504. The summed E-state index contributed by atoms with van der Waals surface area (Å²) in [7, 11) is 1.97. The molecule has 0 unspecified atom stereocenters. The van der Waals surface area contributed by atoms with Gasteiger partial charge in [-0.3, -0.25) is 0 Å². The van der Waals surface area contributed by atoms with Crippen molar-refractivity contribution in [1.82, 2.24) is 0 Å². The molecule has 0 aliphatic rings. The van der Waals surface area contributed by atoms with Crippen molar-refractivity contribution in [3.05, 3.63) is 80.2 Å². The van der Waals surface area contributed by atoms with Crippen LogP contribution in [0.25, 0.3) is 0 Å². The predicted octanol–water partition coefficient (Wildman–Crippen LogP) is 4.50. The summed E-state index contributed by atoms with van der Waals surface area (Å²) < 4.78 is 15.8. The third kappa shape index (κ3) is 9.21.